The van der Waals surface area contributed by atoms with Crippen LogP contribution >= 0.6 is 0 Å². The number of nitro benzene ring substituents is 1. The van der Waals surface area contributed by atoms with E-state index in [4.69, 9.17) is 0 Å². The number of carbonyl (C=O) groups excluding carboxylic acids is 2. The molecule has 0 fully saturated rings. The molecule has 166 valence electrons. The average molecular weight is 448 g/mol. The standard InChI is InChI=1S/C21H25N3O6S/c1-3-14-31(29,30)22-20(25)19(15-16-10-12-18(13-11-16)24(27)28)21(26)23(4-2)17-8-6-5-7-9-17/h5-13,19H,3-4,14-15H2,1-2H3,(H,22,25). The molecule has 2 aromatic carbocycles. The average Bonchev–Trinajstić information content (AvgIpc) is 2.73. The number of rotatable bonds is 10. The van der Waals surface area contributed by atoms with E-state index >= 15 is 0 Å². The topological polar surface area (TPSA) is 127 Å². The number of amides is 2. The minimum Gasteiger partial charge on any atom is -0.312 e. The zero-order valence-electron chi connectivity index (χ0n) is 17.4. The Bertz CT molecular complexity index is 1020. The van der Waals surface area contributed by atoms with E-state index in [0.717, 1.165) is 0 Å². The third kappa shape index (κ3) is 6.61. The molecule has 0 radical (unpaired) electrons. The third-order valence-electron chi connectivity index (χ3n) is 4.58. The number of anilines is 1. The monoisotopic (exact) mass is 447 g/mol. The molecule has 2 amide bonds. The summed E-state index contributed by atoms with van der Waals surface area (Å²) in [6.45, 7) is 3.69. The molecular formula is C21H25N3O6S. The van der Waals surface area contributed by atoms with Crippen LogP contribution in [0, 0.1) is 16.0 Å². The summed E-state index contributed by atoms with van der Waals surface area (Å²) < 4.78 is 26.2. The van der Waals surface area contributed by atoms with Gasteiger partial charge in [-0.25, -0.2) is 8.42 Å². The molecule has 1 N–H and O–H groups in total. The molecule has 10 heteroatoms. The van der Waals surface area contributed by atoms with Crippen LogP contribution in [0.2, 0.25) is 0 Å². The molecular weight excluding hydrogens is 422 g/mol. The lowest BCUT2D eigenvalue weighted by atomic mass is 9.96. The molecule has 0 heterocycles. The van der Waals surface area contributed by atoms with Crippen molar-refractivity contribution in [1.82, 2.24) is 4.72 Å². The van der Waals surface area contributed by atoms with Gasteiger partial charge in [-0.15, -0.1) is 0 Å². The molecule has 0 bridgehead atoms. The minimum absolute atomic E-state index is 0.104. The third-order valence-corrected chi connectivity index (χ3v) is 6.04. The number of carbonyl (C=O) groups is 2. The number of nitro groups is 1. The number of hydrogen-bond donors (Lipinski definition) is 1. The molecule has 0 aliphatic carbocycles. The van der Waals surface area contributed by atoms with E-state index in [1.54, 1.807) is 44.2 Å². The van der Waals surface area contributed by atoms with Crippen LogP contribution in [-0.2, 0) is 26.0 Å². The summed E-state index contributed by atoms with van der Waals surface area (Å²) in [5.41, 5.74) is 0.949. The summed E-state index contributed by atoms with van der Waals surface area (Å²) in [7, 11) is -3.88. The van der Waals surface area contributed by atoms with E-state index in [1.807, 2.05) is 4.72 Å². The Balaban J connectivity index is 2.37. The van der Waals surface area contributed by atoms with E-state index in [9.17, 15) is 28.1 Å². The van der Waals surface area contributed by atoms with Crippen molar-refractivity contribution >= 4 is 33.2 Å². The number of nitrogens with zero attached hydrogens (tertiary/aromatic N) is 2. The first-order valence-corrected chi connectivity index (χ1v) is 11.5. The molecule has 0 saturated carbocycles. The van der Waals surface area contributed by atoms with E-state index in [-0.39, 0.29) is 24.4 Å². The maximum absolute atomic E-state index is 13.3. The highest BCUT2D eigenvalue weighted by atomic mass is 32.2. The number of nitrogens with one attached hydrogen (secondary N) is 1. The van der Waals surface area contributed by atoms with E-state index in [0.29, 0.717) is 17.7 Å². The molecule has 1 unspecified atom stereocenters. The van der Waals surface area contributed by atoms with Gasteiger partial charge in [0.25, 0.3) is 5.69 Å². The van der Waals surface area contributed by atoms with E-state index in [1.165, 1.54) is 29.2 Å². The summed E-state index contributed by atoms with van der Waals surface area (Å²) in [6.07, 6.45) is 0.211. The number of hydrogen-bond acceptors (Lipinski definition) is 6. The zero-order chi connectivity index (χ0) is 23.0. The Labute approximate surface area is 181 Å². The van der Waals surface area contributed by atoms with Crippen molar-refractivity contribution in [3.63, 3.8) is 0 Å². The molecule has 9 nitrogen and oxygen atoms in total. The van der Waals surface area contributed by atoms with Crippen LogP contribution in [0.3, 0.4) is 0 Å². The molecule has 0 saturated heterocycles. The number of non-ortho nitro benzene ring substituents is 1. The fourth-order valence-electron chi connectivity index (χ4n) is 3.09. The van der Waals surface area contributed by atoms with Crippen molar-refractivity contribution in [2.24, 2.45) is 5.92 Å². The predicted molar refractivity (Wildman–Crippen MR) is 117 cm³/mol. The minimum atomic E-state index is -3.88. The molecule has 1 atom stereocenters. The fourth-order valence-corrected chi connectivity index (χ4v) is 4.18. The predicted octanol–water partition coefficient (Wildman–Crippen LogP) is 2.66. The molecule has 0 aromatic heterocycles. The Morgan fingerprint density at radius 3 is 2.19 bits per heavy atom. The molecule has 0 spiro atoms. The summed E-state index contributed by atoms with van der Waals surface area (Å²) in [5.74, 6) is -3.05. The molecule has 2 aromatic rings. The van der Waals surface area contributed by atoms with Crippen LogP contribution in [0.1, 0.15) is 25.8 Å². The van der Waals surface area contributed by atoms with Gasteiger partial charge in [-0.1, -0.05) is 37.3 Å². The Kier molecular flexibility index (Phi) is 8.26. The first-order valence-electron chi connectivity index (χ1n) is 9.82. The summed E-state index contributed by atoms with van der Waals surface area (Å²) >= 11 is 0. The van der Waals surface area contributed by atoms with Crippen LogP contribution < -0.4 is 9.62 Å². The van der Waals surface area contributed by atoms with Gasteiger partial charge in [-0.3, -0.25) is 24.4 Å². The van der Waals surface area contributed by atoms with Gasteiger partial charge in [0.15, 0.2) is 0 Å². The highest BCUT2D eigenvalue weighted by Gasteiger charge is 2.33. The van der Waals surface area contributed by atoms with Gasteiger partial charge in [0.05, 0.1) is 10.7 Å². The van der Waals surface area contributed by atoms with Crippen molar-refractivity contribution in [2.75, 3.05) is 17.2 Å². The fraction of sp³-hybridized carbons (Fsp3) is 0.333. The molecule has 0 aliphatic rings. The second-order valence-electron chi connectivity index (χ2n) is 6.88. The van der Waals surface area contributed by atoms with Gasteiger partial charge in [0, 0.05) is 24.4 Å². The van der Waals surface area contributed by atoms with Crippen LogP contribution in [-0.4, -0.2) is 37.5 Å². The van der Waals surface area contributed by atoms with Crippen LogP contribution in [0.5, 0.6) is 0 Å². The summed E-state index contributed by atoms with van der Waals surface area (Å²) in [6, 6.07) is 14.2. The Hall–Kier alpha value is -3.27. The van der Waals surface area contributed by atoms with Gasteiger partial charge in [0.2, 0.25) is 21.8 Å². The Morgan fingerprint density at radius 1 is 1.06 bits per heavy atom. The van der Waals surface area contributed by atoms with Gasteiger partial charge >= 0.3 is 0 Å². The number of sulfonamides is 1. The van der Waals surface area contributed by atoms with Gasteiger partial charge in [-0.05, 0) is 37.5 Å². The SMILES string of the molecule is CCCS(=O)(=O)NC(=O)C(Cc1ccc([N+](=O)[O-])cc1)C(=O)N(CC)c1ccccc1. The second-order valence-corrected chi connectivity index (χ2v) is 8.73. The lowest BCUT2D eigenvalue weighted by Crippen LogP contribution is -2.46. The summed E-state index contributed by atoms with van der Waals surface area (Å²) in [5, 5.41) is 10.9. The van der Waals surface area contributed by atoms with Crippen LogP contribution in [0.15, 0.2) is 54.6 Å². The van der Waals surface area contributed by atoms with Gasteiger partial charge < -0.3 is 4.90 Å². The normalized spacial score (nSPS) is 12.1. The van der Waals surface area contributed by atoms with Crippen molar-refractivity contribution in [3.05, 3.63) is 70.3 Å². The van der Waals surface area contributed by atoms with Crippen molar-refractivity contribution < 1.29 is 22.9 Å². The lowest BCUT2D eigenvalue weighted by molar-refractivity contribution is -0.384. The summed E-state index contributed by atoms with van der Waals surface area (Å²) in [4.78, 5) is 37.9. The van der Waals surface area contributed by atoms with E-state index in [2.05, 4.69) is 0 Å². The maximum atomic E-state index is 13.3. The molecule has 2 rings (SSSR count). The van der Waals surface area contributed by atoms with E-state index < -0.39 is 32.7 Å². The van der Waals surface area contributed by atoms with Crippen molar-refractivity contribution in [3.8, 4) is 0 Å². The highest BCUT2D eigenvalue weighted by Crippen LogP contribution is 2.21. The first kappa shape index (κ1) is 24.0. The zero-order valence-corrected chi connectivity index (χ0v) is 18.2. The lowest BCUT2D eigenvalue weighted by Gasteiger charge is -2.26. The van der Waals surface area contributed by atoms with Crippen LogP contribution in [0.4, 0.5) is 11.4 Å². The van der Waals surface area contributed by atoms with Gasteiger partial charge in [0.1, 0.15) is 5.92 Å². The number of benzene rings is 2. The molecule has 31 heavy (non-hydrogen) atoms. The van der Waals surface area contributed by atoms with Crippen molar-refractivity contribution in [1.29, 1.82) is 0 Å². The largest absolute Gasteiger partial charge is 0.312 e. The first-order chi connectivity index (χ1) is 14.7. The van der Waals surface area contributed by atoms with Crippen LogP contribution in [0.25, 0.3) is 0 Å². The van der Waals surface area contributed by atoms with Crippen molar-refractivity contribution in [2.45, 2.75) is 26.7 Å². The smallest absolute Gasteiger partial charge is 0.269 e. The maximum Gasteiger partial charge on any atom is 0.269 e. The Morgan fingerprint density at radius 2 is 1.68 bits per heavy atom. The number of para-hydroxylation sites is 1. The highest BCUT2D eigenvalue weighted by molar-refractivity contribution is 7.90. The molecule has 0 aliphatic heterocycles. The second kappa shape index (κ2) is 10.7. The quantitative estimate of drug-likeness (QED) is 0.339. The van der Waals surface area contributed by atoms with Gasteiger partial charge in [-0.2, -0.15) is 0 Å².